The van der Waals surface area contributed by atoms with Crippen LogP contribution in [0.25, 0.3) is 17.0 Å². The number of aliphatic carboxylic acids is 2. The Morgan fingerprint density at radius 3 is 1.29 bits per heavy atom. The van der Waals surface area contributed by atoms with E-state index in [1.165, 1.54) is 12.2 Å². The van der Waals surface area contributed by atoms with Gasteiger partial charge in [-0.1, -0.05) is 90.5 Å². The van der Waals surface area contributed by atoms with E-state index in [4.69, 9.17) is 11.8 Å². The van der Waals surface area contributed by atoms with Crippen LogP contribution in [0.4, 0.5) is 34.1 Å². The van der Waals surface area contributed by atoms with Gasteiger partial charge in [0, 0.05) is 34.1 Å². The fourth-order valence-corrected chi connectivity index (χ4v) is 7.11. The van der Waals surface area contributed by atoms with Crippen molar-refractivity contribution >= 4 is 58.2 Å². The van der Waals surface area contributed by atoms with E-state index in [-0.39, 0.29) is 11.3 Å². The predicted octanol–water partition coefficient (Wildman–Crippen LogP) is 12.3. The van der Waals surface area contributed by atoms with Crippen LogP contribution < -0.4 is 9.80 Å². The lowest BCUT2D eigenvalue weighted by molar-refractivity contribution is -0.133. The first-order chi connectivity index (χ1) is 28.3. The third-order valence-electron chi connectivity index (χ3n) is 9.89. The number of nitriles is 1. The Morgan fingerprint density at radius 1 is 0.552 bits per heavy atom. The van der Waals surface area contributed by atoms with Gasteiger partial charge >= 0.3 is 11.9 Å². The molecule has 0 aromatic heterocycles. The van der Waals surface area contributed by atoms with Crippen molar-refractivity contribution in [3.63, 3.8) is 0 Å². The van der Waals surface area contributed by atoms with Crippen LogP contribution in [0.5, 0.6) is 0 Å². The predicted molar refractivity (Wildman–Crippen MR) is 230 cm³/mol. The molecule has 0 fully saturated rings. The quantitative estimate of drug-likeness (QED) is 0.0740. The Morgan fingerprint density at radius 2 is 0.931 bits per heavy atom. The Balaban J connectivity index is 1.15. The van der Waals surface area contributed by atoms with Gasteiger partial charge in [0.15, 0.2) is 0 Å². The summed E-state index contributed by atoms with van der Waals surface area (Å²) in [5.74, 6) is -2.43. The topological polar surface area (TPSA) is 109 Å². The number of para-hydroxylation sites is 2. The molecule has 0 saturated carbocycles. The number of allylic oxidation sites excluding steroid dienone is 8. The average Bonchev–Trinajstić information content (AvgIpc) is 3.90. The van der Waals surface area contributed by atoms with Crippen LogP contribution in [-0.4, -0.2) is 22.2 Å². The largest absolute Gasteiger partial charge is 0.486 e. The van der Waals surface area contributed by atoms with Gasteiger partial charge in [-0.05, 0) is 138 Å². The molecule has 2 N–H and O–H groups in total. The molecule has 0 unspecified atom stereocenters. The second-order valence-electron chi connectivity index (χ2n) is 13.8. The van der Waals surface area contributed by atoms with Crippen LogP contribution in [0, 0.1) is 17.9 Å². The van der Waals surface area contributed by atoms with Crippen molar-refractivity contribution in [3.8, 4) is 6.07 Å². The lowest BCUT2D eigenvalue weighted by Crippen LogP contribution is -2.12. The second-order valence-corrected chi connectivity index (χ2v) is 13.8. The molecule has 2 aliphatic carbocycles. The molecule has 7 rings (SSSR count). The number of carboxylic acids is 2. The van der Waals surface area contributed by atoms with Crippen molar-refractivity contribution in [2.45, 2.75) is 25.7 Å². The van der Waals surface area contributed by atoms with E-state index in [0.29, 0.717) is 12.8 Å². The van der Waals surface area contributed by atoms with E-state index < -0.39 is 11.9 Å². The summed E-state index contributed by atoms with van der Waals surface area (Å²) >= 11 is 0. The first-order valence-corrected chi connectivity index (χ1v) is 18.8. The smallest absolute Gasteiger partial charge is 0.346 e. The summed E-state index contributed by atoms with van der Waals surface area (Å²) in [4.78, 5) is 30.1. The summed E-state index contributed by atoms with van der Waals surface area (Å²) in [6.07, 6.45) is 14.0. The number of hydrogen-bond acceptors (Lipinski definition) is 5. The molecule has 5 aromatic carbocycles. The minimum Gasteiger partial charge on any atom is -0.486 e. The molecule has 5 aromatic rings. The average molecular weight is 759 g/mol. The van der Waals surface area contributed by atoms with E-state index in [2.05, 4.69) is 124 Å². The number of benzene rings is 5. The zero-order valence-corrected chi connectivity index (χ0v) is 31.5. The van der Waals surface area contributed by atoms with Crippen molar-refractivity contribution in [3.05, 3.63) is 214 Å². The number of nitrogens with zero attached hydrogens (tertiary/aromatic N) is 4. The van der Waals surface area contributed by atoms with Crippen LogP contribution >= 0.6 is 0 Å². The first kappa shape index (κ1) is 38.3. The summed E-state index contributed by atoms with van der Waals surface area (Å²) in [6, 6.07) is 47.4. The maximum atomic E-state index is 11.3. The molecule has 0 atom stereocenters. The van der Waals surface area contributed by atoms with Gasteiger partial charge in [-0.3, -0.25) is 4.79 Å². The van der Waals surface area contributed by atoms with Crippen molar-refractivity contribution < 1.29 is 19.8 Å². The number of anilines is 6. The Kier molecular flexibility index (Phi) is 11.7. The molecule has 0 saturated heterocycles. The SMILES string of the molecule is [C-]#[N+]C(=CC1=CC(=Cc2ccc(N(c3ccccc3)c3ccc(N(c4ccccc4)c4ccc(C=C5C=C(C=C(C#N)C(=O)O)CC5)cc4)cc3)cc2)CC1)C(=O)O. The third kappa shape index (κ3) is 9.12. The second kappa shape index (κ2) is 17.7. The molecule has 0 heterocycles. The molecule has 282 valence electrons. The maximum Gasteiger partial charge on any atom is 0.346 e. The van der Waals surface area contributed by atoms with Crippen molar-refractivity contribution in [2.75, 3.05) is 9.80 Å². The lowest BCUT2D eigenvalue weighted by atomic mass is 10.1. The Bertz CT molecular complexity index is 2420. The van der Waals surface area contributed by atoms with Gasteiger partial charge < -0.3 is 20.0 Å². The Hall–Kier alpha value is -7.94. The summed E-state index contributed by atoms with van der Waals surface area (Å²) in [5, 5.41) is 27.6. The number of rotatable bonds is 12. The standard InChI is InChI=1S/C50H38N4O4/c1-52-48(50(57)58)33-40-15-13-38(31-40)29-36-18-22-45(23-19-36)54(43-10-6-3-7-11-43)47-26-24-46(25-27-47)53(42-8-4-2-5-9-42)44-20-16-35(17-21-44)28-37-12-14-39(30-37)32-41(34-51)49(55)56/h2-11,16-33H,12-15H2,(H,55,56)(H,57,58). The molecular weight excluding hydrogens is 721 g/mol. The van der Waals surface area contributed by atoms with Gasteiger partial charge in [-0.2, -0.15) is 5.26 Å². The number of carbonyl (C=O) groups is 2. The third-order valence-corrected chi connectivity index (χ3v) is 9.89. The molecule has 0 bridgehead atoms. The molecule has 58 heavy (non-hydrogen) atoms. The number of carboxylic acid groups (broad SMARTS) is 2. The van der Waals surface area contributed by atoms with Crippen LogP contribution in [0.3, 0.4) is 0 Å². The van der Waals surface area contributed by atoms with Crippen LogP contribution in [-0.2, 0) is 9.59 Å². The van der Waals surface area contributed by atoms with Crippen molar-refractivity contribution in [1.82, 2.24) is 0 Å². The summed E-state index contributed by atoms with van der Waals surface area (Å²) in [5.41, 5.74) is 11.3. The van der Waals surface area contributed by atoms with Gasteiger partial charge in [0.1, 0.15) is 11.6 Å². The summed E-state index contributed by atoms with van der Waals surface area (Å²) in [7, 11) is 0. The monoisotopic (exact) mass is 758 g/mol. The summed E-state index contributed by atoms with van der Waals surface area (Å²) in [6.45, 7) is 7.14. The molecule has 8 nitrogen and oxygen atoms in total. The van der Waals surface area contributed by atoms with E-state index in [0.717, 1.165) is 80.4 Å². The van der Waals surface area contributed by atoms with E-state index in [1.54, 1.807) is 6.07 Å². The minimum absolute atomic E-state index is 0.261. The van der Waals surface area contributed by atoms with Gasteiger partial charge in [-0.25, -0.2) is 9.64 Å². The molecular formula is C50H38N4O4. The molecule has 0 amide bonds. The Labute approximate surface area is 337 Å². The van der Waals surface area contributed by atoms with Gasteiger partial charge in [-0.15, -0.1) is 0 Å². The molecule has 0 radical (unpaired) electrons. The fourth-order valence-electron chi connectivity index (χ4n) is 7.11. The molecule has 0 spiro atoms. The van der Waals surface area contributed by atoms with Crippen LogP contribution in [0.1, 0.15) is 36.8 Å². The highest BCUT2D eigenvalue weighted by Crippen LogP contribution is 2.39. The lowest BCUT2D eigenvalue weighted by Gasteiger charge is -2.28. The maximum absolute atomic E-state index is 11.3. The highest BCUT2D eigenvalue weighted by molar-refractivity contribution is 5.92. The highest BCUT2D eigenvalue weighted by Gasteiger charge is 2.18. The van der Waals surface area contributed by atoms with Gasteiger partial charge in [0.2, 0.25) is 0 Å². The molecule has 2 aliphatic rings. The first-order valence-electron chi connectivity index (χ1n) is 18.8. The zero-order valence-electron chi connectivity index (χ0n) is 31.5. The van der Waals surface area contributed by atoms with Crippen molar-refractivity contribution in [2.24, 2.45) is 0 Å². The van der Waals surface area contributed by atoms with Crippen LogP contribution in [0.15, 0.2) is 191 Å². The molecule has 8 heteroatoms. The van der Waals surface area contributed by atoms with Crippen molar-refractivity contribution in [1.29, 1.82) is 5.26 Å². The number of hydrogen-bond donors (Lipinski definition) is 2. The van der Waals surface area contributed by atoms with Gasteiger partial charge in [0.25, 0.3) is 5.70 Å². The van der Waals surface area contributed by atoms with Gasteiger partial charge in [0.05, 0.1) is 6.57 Å². The highest BCUT2D eigenvalue weighted by atomic mass is 16.4. The van der Waals surface area contributed by atoms with E-state index >= 15 is 0 Å². The van der Waals surface area contributed by atoms with E-state index in [1.807, 2.05) is 48.6 Å². The zero-order chi connectivity index (χ0) is 40.4. The molecule has 0 aliphatic heterocycles. The minimum atomic E-state index is -1.22. The van der Waals surface area contributed by atoms with E-state index in [9.17, 15) is 19.8 Å². The normalized spacial score (nSPS) is 15.3. The fraction of sp³-hybridized carbons (Fsp3) is 0.0800. The summed E-state index contributed by atoms with van der Waals surface area (Å²) < 4.78 is 0. The van der Waals surface area contributed by atoms with Crippen LogP contribution in [0.2, 0.25) is 0 Å².